The molecule has 1 atom stereocenters. The Labute approximate surface area is 101 Å². The molecule has 0 amide bonds. The molecule has 2 aromatic rings. The topological polar surface area (TPSA) is 37.3 Å². The molecule has 0 aliphatic rings. The maximum absolute atomic E-state index is 10.7. The van der Waals surface area contributed by atoms with Gasteiger partial charge in [-0.05, 0) is 24.1 Å². The minimum atomic E-state index is -1.08. The van der Waals surface area contributed by atoms with Crippen LogP contribution in [0.5, 0.6) is 0 Å². The second kappa shape index (κ2) is 4.52. The molecule has 0 heterocycles. The third-order valence-corrected chi connectivity index (χ3v) is 2.92. The van der Waals surface area contributed by atoms with Gasteiger partial charge in [-0.1, -0.05) is 48.5 Å². The van der Waals surface area contributed by atoms with Crippen molar-refractivity contribution >= 4 is 6.29 Å². The lowest BCUT2D eigenvalue weighted by molar-refractivity contribution is 0.102. The zero-order valence-corrected chi connectivity index (χ0v) is 9.63. The number of benzene rings is 2. The van der Waals surface area contributed by atoms with Crippen LogP contribution >= 0.6 is 0 Å². The Kier molecular flexibility index (Phi) is 3.07. The molecule has 2 aromatic carbocycles. The molecule has 2 nitrogen and oxygen atoms in total. The first kappa shape index (κ1) is 11.6. The molecule has 0 aliphatic heterocycles. The molecule has 0 aliphatic carbocycles. The maximum Gasteiger partial charge on any atom is 0.150 e. The summed E-state index contributed by atoms with van der Waals surface area (Å²) in [6, 6.07) is 16.4. The first-order valence-electron chi connectivity index (χ1n) is 5.48. The Bertz CT molecular complexity index is 515. The molecule has 0 radical (unpaired) electrons. The van der Waals surface area contributed by atoms with Gasteiger partial charge in [0.2, 0.25) is 0 Å². The number of rotatable bonds is 3. The minimum Gasteiger partial charge on any atom is -0.381 e. The number of carbonyl (C=O) groups excluding carboxylic acids is 1. The van der Waals surface area contributed by atoms with E-state index in [-0.39, 0.29) is 0 Å². The standard InChI is InChI=1S/C15H14O2/c1-15(17,13-7-3-2-4-8-13)14-9-5-6-12(10-14)11-16/h2-11,17H,1H3. The average Bonchev–Trinajstić information content (AvgIpc) is 2.40. The first-order chi connectivity index (χ1) is 8.14. The lowest BCUT2D eigenvalue weighted by Crippen LogP contribution is -2.22. The number of carbonyl (C=O) groups is 1. The van der Waals surface area contributed by atoms with Crippen LogP contribution in [0.1, 0.15) is 28.4 Å². The quantitative estimate of drug-likeness (QED) is 0.817. The lowest BCUT2D eigenvalue weighted by atomic mass is 9.87. The van der Waals surface area contributed by atoms with Crippen LogP contribution in [0, 0.1) is 0 Å². The highest BCUT2D eigenvalue weighted by Gasteiger charge is 2.25. The maximum atomic E-state index is 10.7. The second-order valence-electron chi connectivity index (χ2n) is 4.18. The van der Waals surface area contributed by atoms with E-state index >= 15 is 0 Å². The van der Waals surface area contributed by atoms with E-state index in [0.717, 1.165) is 11.8 Å². The van der Waals surface area contributed by atoms with Gasteiger partial charge in [0.15, 0.2) is 0 Å². The lowest BCUT2D eigenvalue weighted by Gasteiger charge is -2.24. The highest BCUT2D eigenvalue weighted by Crippen LogP contribution is 2.28. The summed E-state index contributed by atoms with van der Waals surface area (Å²) in [7, 11) is 0. The Hall–Kier alpha value is -1.93. The van der Waals surface area contributed by atoms with Crippen molar-refractivity contribution in [1.29, 1.82) is 0 Å². The Morgan fingerprint density at radius 2 is 1.65 bits per heavy atom. The summed E-state index contributed by atoms with van der Waals surface area (Å²) in [6.45, 7) is 1.73. The molecule has 1 unspecified atom stereocenters. The van der Waals surface area contributed by atoms with E-state index in [0.29, 0.717) is 11.1 Å². The highest BCUT2D eigenvalue weighted by atomic mass is 16.3. The van der Waals surface area contributed by atoms with Gasteiger partial charge < -0.3 is 5.11 Å². The monoisotopic (exact) mass is 226 g/mol. The van der Waals surface area contributed by atoms with Gasteiger partial charge in [0.05, 0.1) is 0 Å². The van der Waals surface area contributed by atoms with Gasteiger partial charge in [-0.2, -0.15) is 0 Å². The van der Waals surface area contributed by atoms with Crippen molar-refractivity contribution in [3.63, 3.8) is 0 Å². The van der Waals surface area contributed by atoms with Crippen LogP contribution in [-0.4, -0.2) is 11.4 Å². The summed E-state index contributed by atoms with van der Waals surface area (Å²) in [5, 5.41) is 10.6. The molecule has 17 heavy (non-hydrogen) atoms. The summed E-state index contributed by atoms with van der Waals surface area (Å²) in [5.74, 6) is 0. The molecule has 0 aromatic heterocycles. The van der Waals surface area contributed by atoms with Gasteiger partial charge in [-0.3, -0.25) is 4.79 Å². The van der Waals surface area contributed by atoms with Gasteiger partial charge in [0.1, 0.15) is 11.9 Å². The summed E-state index contributed by atoms with van der Waals surface area (Å²) in [6.07, 6.45) is 0.782. The SMILES string of the molecule is CC(O)(c1ccccc1)c1cccc(C=O)c1. The number of hydrogen-bond donors (Lipinski definition) is 1. The molecular weight excluding hydrogens is 212 g/mol. The molecule has 0 bridgehead atoms. The van der Waals surface area contributed by atoms with Crippen LogP contribution in [0.25, 0.3) is 0 Å². The Morgan fingerprint density at radius 1 is 1.00 bits per heavy atom. The summed E-state index contributed by atoms with van der Waals surface area (Å²) >= 11 is 0. The van der Waals surface area contributed by atoms with Crippen LogP contribution in [0.15, 0.2) is 54.6 Å². The predicted octanol–water partition coefficient (Wildman–Crippen LogP) is 2.75. The predicted molar refractivity (Wildman–Crippen MR) is 66.9 cm³/mol. The van der Waals surface area contributed by atoms with Gasteiger partial charge in [0.25, 0.3) is 0 Å². The number of hydrogen-bond acceptors (Lipinski definition) is 2. The van der Waals surface area contributed by atoms with Crippen molar-refractivity contribution in [2.75, 3.05) is 0 Å². The largest absolute Gasteiger partial charge is 0.381 e. The van der Waals surface area contributed by atoms with Crippen molar-refractivity contribution in [3.05, 3.63) is 71.3 Å². The molecular formula is C15H14O2. The Balaban J connectivity index is 2.47. The van der Waals surface area contributed by atoms with Crippen molar-refractivity contribution in [1.82, 2.24) is 0 Å². The van der Waals surface area contributed by atoms with Gasteiger partial charge in [-0.15, -0.1) is 0 Å². The van der Waals surface area contributed by atoms with Crippen molar-refractivity contribution in [2.45, 2.75) is 12.5 Å². The third-order valence-electron chi connectivity index (χ3n) is 2.92. The summed E-state index contributed by atoms with van der Waals surface area (Å²) < 4.78 is 0. The zero-order valence-electron chi connectivity index (χ0n) is 9.63. The fraction of sp³-hybridized carbons (Fsp3) is 0.133. The minimum absolute atomic E-state index is 0.568. The Morgan fingerprint density at radius 3 is 2.29 bits per heavy atom. The molecule has 0 saturated heterocycles. The van der Waals surface area contributed by atoms with Crippen LogP contribution in [0.3, 0.4) is 0 Å². The van der Waals surface area contributed by atoms with E-state index in [1.807, 2.05) is 36.4 Å². The molecule has 86 valence electrons. The third kappa shape index (κ3) is 2.27. The van der Waals surface area contributed by atoms with E-state index in [1.165, 1.54) is 0 Å². The fourth-order valence-corrected chi connectivity index (χ4v) is 1.84. The van der Waals surface area contributed by atoms with Crippen molar-refractivity contribution in [3.8, 4) is 0 Å². The van der Waals surface area contributed by atoms with E-state index in [9.17, 15) is 9.90 Å². The normalized spacial score (nSPS) is 14.0. The number of aliphatic hydroxyl groups is 1. The van der Waals surface area contributed by atoms with E-state index in [4.69, 9.17) is 0 Å². The van der Waals surface area contributed by atoms with E-state index in [2.05, 4.69) is 0 Å². The molecule has 0 saturated carbocycles. The van der Waals surface area contributed by atoms with Crippen LogP contribution < -0.4 is 0 Å². The smallest absolute Gasteiger partial charge is 0.150 e. The van der Waals surface area contributed by atoms with Gasteiger partial charge in [-0.25, -0.2) is 0 Å². The van der Waals surface area contributed by atoms with Gasteiger partial charge >= 0.3 is 0 Å². The highest BCUT2D eigenvalue weighted by molar-refractivity contribution is 5.75. The zero-order chi connectivity index (χ0) is 12.3. The number of aldehydes is 1. The molecule has 1 N–H and O–H groups in total. The van der Waals surface area contributed by atoms with Gasteiger partial charge in [0, 0.05) is 5.56 Å². The van der Waals surface area contributed by atoms with Crippen LogP contribution in [0.4, 0.5) is 0 Å². The van der Waals surface area contributed by atoms with E-state index < -0.39 is 5.60 Å². The summed E-state index contributed by atoms with van der Waals surface area (Å²) in [5.41, 5.74) is 1.01. The van der Waals surface area contributed by atoms with Crippen LogP contribution in [0.2, 0.25) is 0 Å². The summed E-state index contributed by atoms with van der Waals surface area (Å²) in [4.78, 5) is 10.7. The molecule has 2 heteroatoms. The van der Waals surface area contributed by atoms with E-state index in [1.54, 1.807) is 25.1 Å². The molecule has 0 spiro atoms. The van der Waals surface area contributed by atoms with Crippen molar-refractivity contribution in [2.24, 2.45) is 0 Å². The second-order valence-corrected chi connectivity index (χ2v) is 4.18. The first-order valence-corrected chi connectivity index (χ1v) is 5.48. The molecule has 0 fully saturated rings. The average molecular weight is 226 g/mol. The fourth-order valence-electron chi connectivity index (χ4n) is 1.84. The van der Waals surface area contributed by atoms with Crippen LogP contribution in [-0.2, 0) is 5.60 Å². The molecule has 2 rings (SSSR count). The van der Waals surface area contributed by atoms with Crippen molar-refractivity contribution < 1.29 is 9.90 Å².